The highest BCUT2D eigenvalue weighted by atomic mass is 16.2. The lowest BCUT2D eigenvalue weighted by molar-refractivity contribution is 0.389. The topological polar surface area (TPSA) is 39.1 Å². The minimum absolute atomic E-state index is 0.0391. The number of rotatable bonds is 9. The molecule has 0 aliphatic carbocycles. The highest BCUT2D eigenvalue weighted by molar-refractivity contribution is 6.44. The van der Waals surface area contributed by atoms with Crippen molar-refractivity contribution in [2.24, 2.45) is 0 Å². The van der Waals surface area contributed by atoms with Gasteiger partial charge in [0.25, 0.3) is 11.1 Å². The van der Waals surface area contributed by atoms with Gasteiger partial charge in [-0.1, -0.05) is 113 Å². The van der Waals surface area contributed by atoms with Gasteiger partial charge in [-0.05, 0) is 66.7 Å². The van der Waals surface area contributed by atoms with Crippen LogP contribution in [0.3, 0.4) is 0 Å². The van der Waals surface area contributed by atoms with Gasteiger partial charge >= 0.3 is 0 Å². The molecule has 7 aromatic rings. The number of benzene rings is 6. The molecule has 3 nitrogen and oxygen atoms in total. The molecule has 0 aliphatic rings. The second kappa shape index (κ2) is 8.94. The van der Waals surface area contributed by atoms with Crippen molar-refractivity contribution in [3.8, 4) is 0 Å². The summed E-state index contributed by atoms with van der Waals surface area (Å²) in [5.41, 5.74) is -0.193. The zero-order valence-corrected chi connectivity index (χ0v) is 22.3. The molecule has 190 valence electrons. The zero-order chi connectivity index (χ0) is 26.0. The average molecular weight is 500 g/mol. The number of hydrogen-bond acceptors (Lipinski definition) is 2. The highest BCUT2D eigenvalue weighted by Gasteiger charge is 2.27. The molecule has 0 fully saturated rings. The first-order valence-corrected chi connectivity index (χ1v) is 14.4. The summed E-state index contributed by atoms with van der Waals surface area (Å²) in [6, 6.07) is 21.3. The second-order valence-corrected chi connectivity index (χ2v) is 11.2. The van der Waals surface area contributed by atoms with E-state index in [1.165, 1.54) is 32.3 Å². The van der Waals surface area contributed by atoms with Crippen LogP contribution in [0.1, 0.15) is 71.3 Å². The Morgan fingerprint density at radius 2 is 1.00 bits per heavy atom. The van der Waals surface area contributed by atoms with Crippen molar-refractivity contribution in [3.63, 3.8) is 0 Å². The first-order chi connectivity index (χ1) is 18.7. The van der Waals surface area contributed by atoms with Gasteiger partial charge in [-0.2, -0.15) is 0 Å². The lowest BCUT2D eigenvalue weighted by Crippen LogP contribution is -2.30. The van der Waals surface area contributed by atoms with Crippen LogP contribution < -0.4 is 11.1 Å². The Balaban J connectivity index is 1.64. The predicted molar refractivity (Wildman–Crippen MR) is 163 cm³/mol. The van der Waals surface area contributed by atoms with Crippen LogP contribution in [-0.2, 0) is 0 Å². The maximum atomic E-state index is 14.3. The van der Waals surface area contributed by atoms with E-state index >= 15 is 0 Å². The van der Waals surface area contributed by atoms with E-state index in [4.69, 9.17) is 0 Å². The quantitative estimate of drug-likeness (QED) is 0.113. The number of hydrogen-bond donors (Lipinski definition) is 0. The van der Waals surface area contributed by atoms with Crippen LogP contribution >= 0.6 is 0 Å². The molecule has 0 saturated heterocycles. The van der Waals surface area contributed by atoms with Gasteiger partial charge in [0.05, 0.1) is 10.8 Å². The molecule has 1 aromatic heterocycles. The first-order valence-electron chi connectivity index (χ1n) is 14.4. The van der Waals surface area contributed by atoms with Gasteiger partial charge in [0.2, 0.25) is 0 Å². The molecule has 1 heterocycles. The minimum atomic E-state index is -0.0966. The molecule has 0 bridgehead atoms. The van der Waals surface area contributed by atoms with Gasteiger partial charge in [0, 0.05) is 6.04 Å². The Hall–Kier alpha value is -3.72. The summed E-state index contributed by atoms with van der Waals surface area (Å²) >= 11 is 0. The van der Waals surface area contributed by atoms with Crippen LogP contribution in [0.4, 0.5) is 0 Å². The van der Waals surface area contributed by atoms with Gasteiger partial charge in [-0.25, -0.2) is 0 Å². The number of fused-ring (bicyclic) bond motifs is 4. The summed E-state index contributed by atoms with van der Waals surface area (Å²) in [5, 5.41) is 12.5. The van der Waals surface area contributed by atoms with E-state index in [1.807, 2.05) is 0 Å². The van der Waals surface area contributed by atoms with Crippen LogP contribution in [-0.4, -0.2) is 4.57 Å². The van der Waals surface area contributed by atoms with Crippen molar-refractivity contribution in [2.45, 2.75) is 71.3 Å². The van der Waals surface area contributed by atoms with Crippen molar-refractivity contribution in [1.29, 1.82) is 0 Å². The van der Waals surface area contributed by atoms with Crippen LogP contribution in [0.2, 0.25) is 0 Å². The predicted octanol–water partition coefficient (Wildman–Crippen LogP) is 9.14. The maximum Gasteiger partial charge on any atom is 0.262 e. The summed E-state index contributed by atoms with van der Waals surface area (Å²) in [6.07, 6.45) is 8.38. The molecule has 0 saturated carbocycles. The van der Waals surface area contributed by atoms with Crippen LogP contribution in [0.5, 0.6) is 0 Å². The number of aromatic nitrogens is 1. The number of nitrogens with zero attached hydrogens (tertiary/aromatic N) is 1. The Bertz CT molecular complexity index is 1910. The van der Waals surface area contributed by atoms with Crippen molar-refractivity contribution >= 4 is 64.6 Å². The van der Waals surface area contributed by atoms with E-state index in [-0.39, 0.29) is 17.2 Å². The van der Waals surface area contributed by atoms with E-state index in [0.29, 0.717) is 10.8 Å². The third kappa shape index (κ3) is 3.14. The standard InChI is InChI=1S/C35H33NO2/c1-3-5-7-13-23(14-8-6-4-2)36-34(37)32-26-19-17-21-11-9-15-24-25-16-10-12-22-18-20-27(33(32)35(36)38)31(29(22)25)30(26)28(21)24/h9-12,15-20,23H,3-8,13-14H2,1-2H3. The van der Waals surface area contributed by atoms with E-state index in [9.17, 15) is 9.59 Å². The van der Waals surface area contributed by atoms with E-state index in [0.717, 1.165) is 72.9 Å². The van der Waals surface area contributed by atoms with Crippen molar-refractivity contribution < 1.29 is 0 Å². The van der Waals surface area contributed by atoms with Crippen LogP contribution in [0.15, 0.2) is 70.3 Å². The Morgan fingerprint density at radius 1 is 0.526 bits per heavy atom. The van der Waals surface area contributed by atoms with Gasteiger partial charge in [0.1, 0.15) is 0 Å². The molecule has 0 amide bonds. The van der Waals surface area contributed by atoms with E-state index < -0.39 is 0 Å². The highest BCUT2D eigenvalue weighted by Crippen LogP contribution is 2.47. The molecular formula is C35H33NO2. The third-order valence-electron chi connectivity index (χ3n) is 8.93. The van der Waals surface area contributed by atoms with E-state index in [1.54, 1.807) is 4.57 Å². The third-order valence-corrected chi connectivity index (χ3v) is 8.93. The first kappa shape index (κ1) is 23.4. The van der Waals surface area contributed by atoms with E-state index in [2.05, 4.69) is 74.5 Å². The lowest BCUT2D eigenvalue weighted by Gasteiger charge is -2.18. The Kier molecular flexibility index (Phi) is 5.51. The smallest absolute Gasteiger partial charge is 0.262 e. The molecule has 0 atom stereocenters. The molecule has 38 heavy (non-hydrogen) atoms. The minimum Gasteiger partial charge on any atom is -0.271 e. The molecule has 0 N–H and O–H groups in total. The molecule has 3 heteroatoms. The Labute approximate surface area is 221 Å². The maximum absolute atomic E-state index is 14.3. The molecular weight excluding hydrogens is 466 g/mol. The molecule has 6 aromatic carbocycles. The molecule has 0 spiro atoms. The summed E-state index contributed by atoms with van der Waals surface area (Å²) in [4.78, 5) is 28.6. The van der Waals surface area contributed by atoms with Gasteiger partial charge in [-0.3, -0.25) is 14.2 Å². The fraction of sp³-hybridized carbons (Fsp3) is 0.314. The largest absolute Gasteiger partial charge is 0.271 e. The second-order valence-electron chi connectivity index (χ2n) is 11.2. The summed E-state index contributed by atoms with van der Waals surface area (Å²) in [6.45, 7) is 4.40. The van der Waals surface area contributed by atoms with Gasteiger partial charge < -0.3 is 0 Å². The SMILES string of the molecule is CCCCCC(CCCCC)n1c(=O)c2c3ccc4cccc5c6cccc7ccc(c2c1=O)c(c76)c3c45. The lowest BCUT2D eigenvalue weighted by atomic mass is 9.84. The van der Waals surface area contributed by atoms with Gasteiger partial charge in [0.15, 0.2) is 0 Å². The molecule has 0 aliphatic heterocycles. The fourth-order valence-corrected chi connectivity index (χ4v) is 7.18. The summed E-state index contributed by atoms with van der Waals surface area (Å²) in [7, 11) is 0. The molecule has 0 unspecified atom stereocenters. The number of unbranched alkanes of at least 4 members (excludes halogenated alkanes) is 4. The zero-order valence-electron chi connectivity index (χ0n) is 22.3. The van der Waals surface area contributed by atoms with Crippen LogP contribution in [0, 0.1) is 0 Å². The van der Waals surface area contributed by atoms with Crippen molar-refractivity contribution in [3.05, 3.63) is 81.4 Å². The van der Waals surface area contributed by atoms with Crippen LogP contribution in [0.25, 0.3) is 64.6 Å². The van der Waals surface area contributed by atoms with Gasteiger partial charge in [-0.15, -0.1) is 0 Å². The summed E-state index contributed by atoms with van der Waals surface area (Å²) in [5.74, 6) is 0. The molecule has 0 radical (unpaired) electrons. The van der Waals surface area contributed by atoms with Crippen molar-refractivity contribution in [1.82, 2.24) is 4.57 Å². The fourth-order valence-electron chi connectivity index (χ4n) is 7.18. The molecule has 7 rings (SSSR count). The monoisotopic (exact) mass is 499 g/mol. The Morgan fingerprint density at radius 3 is 1.45 bits per heavy atom. The van der Waals surface area contributed by atoms with Crippen molar-refractivity contribution in [2.75, 3.05) is 0 Å². The normalized spacial score (nSPS) is 12.7. The average Bonchev–Trinajstić information content (AvgIpc) is 3.21. The summed E-state index contributed by atoms with van der Waals surface area (Å²) < 4.78 is 1.65.